The van der Waals surface area contributed by atoms with Gasteiger partial charge in [-0.05, 0) is 25.7 Å². The summed E-state index contributed by atoms with van der Waals surface area (Å²) in [5.74, 6) is 0.861. The molecule has 1 aromatic rings. The summed E-state index contributed by atoms with van der Waals surface area (Å²) in [4.78, 5) is 0. The highest BCUT2D eigenvalue weighted by atomic mass is 35.5. The molecule has 0 N–H and O–H groups in total. The van der Waals surface area contributed by atoms with E-state index in [0.29, 0.717) is 6.04 Å². The second kappa shape index (κ2) is 5.17. The quantitative estimate of drug-likeness (QED) is 0.756. The predicted molar refractivity (Wildman–Crippen MR) is 65.6 cm³/mol. The second-order valence-corrected chi connectivity index (χ2v) is 5.49. The van der Waals surface area contributed by atoms with Gasteiger partial charge in [-0.3, -0.25) is 0 Å². The molecule has 2 rings (SSSR count). The highest BCUT2D eigenvalue weighted by molar-refractivity contribution is 6.20. The summed E-state index contributed by atoms with van der Waals surface area (Å²) < 4.78 is 2.02. The number of hydrogen-bond donors (Lipinski definition) is 0. The van der Waals surface area contributed by atoms with Gasteiger partial charge in [0.05, 0.1) is 17.6 Å². The molecule has 16 heavy (non-hydrogen) atoms. The van der Waals surface area contributed by atoms with Crippen LogP contribution in [0.5, 0.6) is 0 Å². The van der Waals surface area contributed by atoms with Gasteiger partial charge < -0.3 is 0 Å². The highest BCUT2D eigenvalue weighted by Crippen LogP contribution is 2.34. The van der Waals surface area contributed by atoms with Crippen molar-refractivity contribution in [2.75, 3.05) is 0 Å². The number of nitrogens with zero attached hydrogens (tertiary/aromatic N) is 3. The summed E-state index contributed by atoms with van der Waals surface area (Å²) in [6, 6.07) is 0.537. The molecule has 3 atom stereocenters. The Labute approximate surface area is 102 Å². The molecule has 1 heterocycles. The maximum Gasteiger partial charge on any atom is 0.100 e. The molecule has 4 heteroatoms. The first-order chi connectivity index (χ1) is 7.70. The largest absolute Gasteiger partial charge is 0.249 e. The second-order valence-electron chi connectivity index (χ2n) is 4.83. The number of alkyl halides is 1. The van der Waals surface area contributed by atoms with Crippen molar-refractivity contribution in [3.8, 4) is 0 Å². The third kappa shape index (κ3) is 2.57. The molecular weight excluding hydrogens is 222 g/mol. The lowest BCUT2D eigenvalue weighted by Crippen LogP contribution is -2.19. The number of hydrogen-bond acceptors (Lipinski definition) is 2. The van der Waals surface area contributed by atoms with E-state index in [9.17, 15) is 0 Å². The van der Waals surface area contributed by atoms with Gasteiger partial charge in [0.15, 0.2) is 0 Å². The SMILES string of the molecule is CCC1CCCC(n2cc(C(C)Cl)nn2)C1. The fourth-order valence-electron chi connectivity index (χ4n) is 2.52. The maximum absolute atomic E-state index is 6.00. The normalized spacial score (nSPS) is 27.9. The molecule has 3 nitrogen and oxygen atoms in total. The van der Waals surface area contributed by atoms with Crippen LogP contribution in [-0.4, -0.2) is 15.0 Å². The smallest absolute Gasteiger partial charge is 0.100 e. The van der Waals surface area contributed by atoms with E-state index in [1.807, 2.05) is 17.8 Å². The first kappa shape index (κ1) is 11.9. The zero-order valence-corrected chi connectivity index (χ0v) is 10.8. The van der Waals surface area contributed by atoms with Crippen LogP contribution in [0.25, 0.3) is 0 Å². The summed E-state index contributed by atoms with van der Waals surface area (Å²) in [6.45, 7) is 4.21. The molecular formula is C12H20ClN3. The lowest BCUT2D eigenvalue weighted by atomic mass is 9.84. The van der Waals surface area contributed by atoms with E-state index in [0.717, 1.165) is 11.6 Å². The molecule has 1 aromatic heterocycles. The van der Waals surface area contributed by atoms with E-state index in [2.05, 4.69) is 17.2 Å². The van der Waals surface area contributed by atoms with Gasteiger partial charge in [-0.2, -0.15) is 0 Å². The van der Waals surface area contributed by atoms with Gasteiger partial charge in [0.2, 0.25) is 0 Å². The standard InChI is InChI=1S/C12H20ClN3/c1-3-10-5-4-6-11(7-10)16-8-12(9(2)13)14-15-16/h8-11H,3-7H2,1-2H3. The van der Waals surface area contributed by atoms with E-state index in [-0.39, 0.29) is 5.38 Å². The first-order valence-corrected chi connectivity index (χ1v) is 6.70. The van der Waals surface area contributed by atoms with Crippen LogP contribution in [0.2, 0.25) is 0 Å². The van der Waals surface area contributed by atoms with Gasteiger partial charge in [-0.15, -0.1) is 16.7 Å². The molecule has 0 aromatic carbocycles. The zero-order valence-electron chi connectivity index (χ0n) is 10.1. The lowest BCUT2D eigenvalue weighted by Gasteiger charge is -2.28. The predicted octanol–water partition coefficient (Wildman–Crippen LogP) is 3.72. The molecule has 0 aliphatic heterocycles. The fourth-order valence-corrected chi connectivity index (χ4v) is 2.62. The highest BCUT2D eigenvalue weighted by Gasteiger charge is 2.23. The summed E-state index contributed by atoms with van der Waals surface area (Å²) in [7, 11) is 0. The van der Waals surface area contributed by atoms with E-state index in [1.54, 1.807) is 0 Å². The van der Waals surface area contributed by atoms with Crippen molar-refractivity contribution in [2.24, 2.45) is 5.92 Å². The molecule has 0 radical (unpaired) electrons. The van der Waals surface area contributed by atoms with Gasteiger partial charge >= 0.3 is 0 Å². The third-order valence-corrected chi connectivity index (χ3v) is 3.87. The Kier molecular flexibility index (Phi) is 3.85. The average Bonchev–Trinajstić information content (AvgIpc) is 2.78. The van der Waals surface area contributed by atoms with Crippen LogP contribution in [0, 0.1) is 5.92 Å². The molecule has 3 unspecified atom stereocenters. The Morgan fingerprint density at radius 1 is 1.56 bits per heavy atom. The minimum absolute atomic E-state index is 0.0423. The fraction of sp³-hybridized carbons (Fsp3) is 0.833. The number of halogens is 1. The minimum atomic E-state index is -0.0423. The molecule has 0 saturated heterocycles. The van der Waals surface area contributed by atoms with E-state index in [1.165, 1.54) is 32.1 Å². The van der Waals surface area contributed by atoms with Crippen molar-refractivity contribution in [3.05, 3.63) is 11.9 Å². The van der Waals surface area contributed by atoms with Gasteiger partial charge in [-0.1, -0.05) is 31.4 Å². The Morgan fingerprint density at radius 3 is 3.00 bits per heavy atom. The maximum atomic E-state index is 6.00. The summed E-state index contributed by atoms with van der Waals surface area (Å²) >= 11 is 6.00. The minimum Gasteiger partial charge on any atom is -0.249 e. The summed E-state index contributed by atoms with van der Waals surface area (Å²) in [5, 5.41) is 8.29. The van der Waals surface area contributed by atoms with Crippen LogP contribution >= 0.6 is 11.6 Å². The van der Waals surface area contributed by atoms with Crippen molar-refractivity contribution >= 4 is 11.6 Å². The molecule has 1 aliphatic rings. The van der Waals surface area contributed by atoms with Crippen molar-refractivity contribution in [1.29, 1.82) is 0 Å². The Morgan fingerprint density at radius 2 is 2.38 bits per heavy atom. The molecule has 0 spiro atoms. The van der Waals surface area contributed by atoms with Crippen LogP contribution in [-0.2, 0) is 0 Å². The van der Waals surface area contributed by atoms with Gasteiger partial charge in [0.25, 0.3) is 0 Å². The summed E-state index contributed by atoms with van der Waals surface area (Å²) in [6.07, 6.45) is 8.46. The average molecular weight is 242 g/mol. The van der Waals surface area contributed by atoms with Gasteiger partial charge in [0, 0.05) is 0 Å². The molecule has 0 bridgehead atoms. The molecule has 1 aliphatic carbocycles. The zero-order chi connectivity index (χ0) is 11.5. The van der Waals surface area contributed by atoms with Crippen LogP contribution in [0.15, 0.2) is 6.20 Å². The summed E-state index contributed by atoms with van der Waals surface area (Å²) in [5.41, 5.74) is 0.889. The van der Waals surface area contributed by atoms with Crippen LogP contribution < -0.4 is 0 Å². The molecule has 0 amide bonds. The number of rotatable bonds is 3. The molecule has 1 saturated carbocycles. The van der Waals surface area contributed by atoms with E-state index in [4.69, 9.17) is 11.6 Å². The first-order valence-electron chi connectivity index (χ1n) is 6.26. The van der Waals surface area contributed by atoms with Crippen molar-refractivity contribution in [1.82, 2.24) is 15.0 Å². The molecule has 1 fully saturated rings. The monoisotopic (exact) mass is 241 g/mol. The van der Waals surface area contributed by atoms with Crippen LogP contribution in [0.1, 0.15) is 63.1 Å². The topological polar surface area (TPSA) is 30.7 Å². The van der Waals surface area contributed by atoms with Gasteiger partial charge in [0.1, 0.15) is 5.69 Å². The number of aromatic nitrogens is 3. The van der Waals surface area contributed by atoms with Crippen LogP contribution in [0.3, 0.4) is 0 Å². The van der Waals surface area contributed by atoms with Crippen molar-refractivity contribution < 1.29 is 0 Å². The van der Waals surface area contributed by atoms with Crippen molar-refractivity contribution in [3.63, 3.8) is 0 Å². The molecule has 90 valence electrons. The van der Waals surface area contributed by atoms with Crippen molar-refractivity contribution in [2.45, 2.75) is 57.4 Å². The Hall–Kier alpha value is -0.570. The van der Waals surface area contributed by atoms with E-state index < -0.39 is 0 Å². The Bertz CT molecular complexity index is 335. The lowest BCUT2D eigenvalue weighted by molar-refractivity contribution is 0.245. The third-order valence-electron chi connectivity index (χ3n) is 3.64. The van der Waals surface area contributed by atoms with E-state index >= 15 is 0 Å². The van der Waals surface area contributed by atoms with Gasteiger partial charge in [-0.25, -0.2) is 4.68 Å². The van der Waals surface area contributed by atoms with Crippen LogP contribution in [0.4, 0.5) is 0 Å². The Balaban J connectivity index is 2.05.